The Labute approximate surface area is 120 Å². The Morgan fingerprint density at radius 2 is 1.95 bits per heavy atom. The fourth-order valence-corrected chi connectivity index (χ4v) is 2.87. The molecule has 1 fully saturated rings. The van der Waals surface area contributed by atoms with Gasteiger partial charge in [0.2, 0.25) is 0 Å². The number of aryl methyl sites for hydroxylation is 1. The topological polar surface area (TPSA) is 27.1 Å². The van der Waals surface area contributed by atoms with Gasteiger partial charge in [0.1, 0.15) is 12.4 Å². The van der Waals surface area contributed by atoms with Gasteiger partial charge in [-0.15, -0.1) is 0 Å². The molecule has 1 aliphatic carbocycles. The van der Waals surface area contributed by atoms with E-state index in [4.69, 9.17) is 4.74 Å². The number of hydrogen-bond donors (Lipinski definition) is 0. The molecule has 3 rings (SSSR count). The summed E-state index contributed by atoms with van der Waals surface area (Å²) in [5.74, 6) is 0.944. The third-order valence-electron chi connectivity index (χ3n) is 4.08. The Morgan fingerprint density at radius 3 is 2.75 bits per heavy atom. The Kier molecular flexibility index (Phi) is 4.05. The van der Waals surface area contributed by atoms with Crippen LogP contribution in [0.25, 0.3) is 0 Å². The van der Waals surface area contributed by atoms with E-state index in [0.29, 0.717) is 12.6 Å². The van der Waals surface area contributed by atoms with E-state index in [2.05, 4.69) is 35.0 Å². The summed E-state index contributed by atoms with van der Waals surface area (Å²) in [6.45, 7) is 2.61. The summed E-state index contributed by atoms with van der Waals surface area (Å²) in [6.07, 6.45) is 8.67. The zero-order valence-corrected chi connectivity index (χ0v) is 12.1. The largest absolute Gasteiger partial charge is 0.487 e. The van der Waals surface area contributed by atoms with Gasteiger partial charge in [0, 0.05) is 6.20 Å². The maximum absolute atomic E-state index is 5.85. The fraction of sp³-hybridized carbons (Fsp3) is 0.471. The second kappa shape index (κ2) is 6.12. The lowest BCUT2D eigenvalue weighted by atomic mass is 9.96. The molecule has 1 saturated carbocycles. The van der Waals surface area contributed by atoms with Crippen LogP contribution in [0.15, 0.2) is 36.5 Å². The number of ether oxygens (including phenoxy) is 1. The zero-order chi connectivity index (χ0) is 13.8. The number of aromatic nitrogens is 2. The predicted octanol–water partition coefficient (Wildman–Crippen LogP) is 4.28. The SMILES string of the molecule is Cc1ccccc1OCc1ccn(C2CCCCC2)n1. The van der Waals surface area contributed by atoms with E-state index >= 15 is 0 Å². The van der Waals surface area contributed by atoms with Gasteiger partial charge in [-0.1, -0.05) is 37.5 Å². The normalized spacial score (nSPS) is 16.2. The quantitative estimate of drug-likeness (QED) is 0.829. The van der Waals surface area contributed by atoms with Gasteiger partial charge >= 0.3 is 0 Å². The molecule has 1 aliphatic rings. The maximum Gasteiger partial charge on any atom is 0.132 e. The van der Waals surface area contributed by atoms with Crippen molar-refractivity contribution in [2.24, 2.45) is 0 Å². The Balaban J connectivity index is 1.61. The first-order valence-corrected chi connectivity index (χ1v) is 7.55. The molecule has 1 heterocycles. The molecule has 3 nitrogen and oxygen atoms in total. The number of para-hydroxylation sites is 1. The molecule has 0 spiro atoms. The standard InChI is InChI=1S/C17H22N2O/c1-14-7-5-6-10-17(14)20-13-15-11-12-19(18-15)16-8-3-2-4-9-16/h5-7,10-12,16H,2-4,8-9,13H2,1H3. The van der Waals surface area contributed by atoms with Crippen molar-refractivity contribution < 1.29 is 4.74 Å². The van der Waals surface area contributed by atoms with Gasteiger partial charge in [-0.25, -0.2) is 0 Å². The van der Waals surface area contributed by atoms with Crippen LogP contribution in [0.5, 0.6) is 5.75 Å². The summed E-state index contributed by atoms with van der Waals surface area (Å²) >= 11 is 0. The molecule has 0 amide bonds. The van der Waals surface area contributed by atoms with E-state index in [1.165, 1.54) is 37.7 Å². The molecule has 0 atom stereocenters. The zero-order valence-electron chi connectivity index (χ0n) is 12.1. The monoisotopic (exact) mass is 270 g/mol. The lowest BCUT2D eigenvalue weighted by molar-refractivity contribution is 0.289. The van der Waals surface area contributed by atoms with Gasteiger partial charge in [-0.05, 0) is 37.5 Å². The molecule has 0 N–H and O–H groups in total. The van der Waals surface area contributed by atoms with Crippen LogP contribution < -0.4 is 4.74 Å². The summed E-state index contributed by atoms with van der Waals surface area (Å²) in [7, 11) is 0. The van der Waals surface area contributed by atoms with Crippen molar-refractivity contribution in [3.05, 3.63) is 47.8 Å². The average molecular weight is 270 g/mol. The lowest BCUT2D eigenvalue weighted by Gasteiger charge is -2.21. The number of rotatable bonds is 4. The van der Waals surface area contributed by atoms with Crippen LogP contribution in [0.2, 0.25) is 0 Å². The van der Waals surface area contributed by atoms with Crippen LogP contribution in [0.3, 0.4) is 0 Å². The summed E-state index contributed by atoms with van der Waals surface area (Å²) < 4.78 is 7.98. The first-order chi connectivity index (χ1) is 9.83. The smallest absolute Gasteiger partial charge is 0.132 e. The first kappa shape index (κ1) is 13.2. The number of benzene rings is 1. The molecule has 0 radical (unpaired) electrons. The molecule has 0 saturated heterocycles. The van der Waals surface area contributed by atoms with Crippen LogP contribution in [0, 0.1) is 6.92 Å². The maximum atomic E-state index is 5.85. The summed E-state index contributed by atoms with van der Waals surface area (Å²) in [4.78, 5) is 0. The van der Waals surface area contributed by atoms with E-state index in [9.17, 15) is 0 Å². The van der Waals surface area contributed by atoms with Crippen LogP contribution >= 0.6 is 0 Å². The predicted molar refractivity (Wildman–Crippen MR) is 79.9 cm³/mol. The Morgan fingerprint density at radius 1 is 1.15 bits per heavy atom. The highest BCUT2D eigenvalue weighted by Gasteiger charge is 2.16. The highest BCUT2D eigenvalue weighted by molar-refractivity contribution is 5.31. The van der Waals surface area contributed by atoms with Gasteiger partial charge in [-0.3, -0.25) is 4.68 Å². The van der Waals surface area contributed by atoms with Crippen molar-refractivity contribution in [2.45, 2.75) is 51.7 Å². The molecular formula is C17H22N2O. The summed E-state index contributed by atoms with van der Waals surface area (Å²) in [5.41, 5.74) is 2.18. The second-order valence-electron chi connectivity index (χ2n) is 5.63. The van der Waals surface area contributed by atoms with E-state index in [-0.39, 0.29) is 0 Å². The van der Waals surface area contributed by atoms with E-state index in [1.807, 2.05) is 18.2 Å². The summed E-state index contributed by atoms with van der Waals surface area (Å²) in [5, 5.41) is 4.67. The average Bonchev–Trinajstić information content (AvgIpc) is 2.96. The summed E-state index contributed by atoms with van der Waals surface area (Å²) in [6, 6.07) is 10.8. The molecule has 1 aromatic heterocycles. The van der Waals surface area contributed by atoms with Gasteiger partial charge < -0.3 is 4.74 Å². The number of nitrogens with zero attached hydrogens (tertiary/aromatic N) is 2. The minimum atomic E-state index is 0.546. The van der Waals surface area contributed by atoms with Gasteiger partial charge in [0.15, 0.2) is 0 Å². The van der Waals surface area contributed by atoms with Crippen molar-refractivity contribution >= 4 is 0 Å². The molecule has 0 aliphatic heterocycles. The molecule has 3 heteroatoms. The Bertz CT molecular complexity index is 556. The highest BCUT2D eigenvalue weighted by atomic mass is 16.5. The molecule has 1 aromatic carbocycles. The minimum Gasteiger partial charge on any atom is -0.487 e. The molecule has 2 aromatic rings. The van der Waals surface area contributed by atoms with Crippen molar-refractivity contribution in [3.63, 3.8) is 0 Å². The number of hydrogen-bond acceptors (Lipinski definition) is 2. The minimum absolute atomic E-state index is 0.546. The van der Waals surface area contributed by atoms with Crippen molar-refractivity contribution in [1.82, 2.24) is 9.78 Å². The molecule has 0 unspecified atom stereocenters. The molecule has 20 heavy (non-hydrogen) atoms. The second-order valence-corrected chi connectivity index (χ2v) is 5.63. The van der Waals surface area contributed by atoms with Gasteiger partial charge in [0.25, 0.3) is 0 Å². The van der Waals surface area contributed by atoms with Gasteiger partial charge in [-0.2, -0.15) is 5.10 Å². The fourth-order valence-electron chi connectivity index (χ4n) is 2.87. The van der Waals surface area contributed by atoms with E-state index in [0.717, 1.165) is 11.4 Å². The molecule has 106 valence electrons. The third kappa shape index (κ3) is 3.03. The molecule has 0 bridgehead atoms. The van der Waals surface area contributed by atoms with Crippen LogP contribution in [0.4, 0.5) is 0 Å². The first-order valence-electron chi connectivity index (χ1n) is 7.55. The van der Waals surface area contributed by atoms with Crippen molar-refractivity contribution in [2.75, 3.05) is 0 Å². The van der Waals surface area contributed by atoms with Crippen molar-refractivity contribution in [3.8, 4) is 5.75 Å². The van der Waals surface area contributed by atoms with Crippen LogP contribution in [-0.4, -0.2) is 9.78 Å². The van der Waals surface area contributed by atoms with Crippen LogP contribution in [0.1, 0.15) is 49.4 Å². The highest BCUT2D eigenvalue weighted by Crippen LogP contribution is 2.27. The van der Waals surface area contributed by atoms with E-state index < -0.39 is 0 Å². The molecular weight excluding hydrogens is 248 g/mol. The lowest BCUT2D eigenvalue weighted by Crippen LogP contribution is -2.13. The Hall–Kier alpha value is -1.77. The third-order valence-corrected chi connectivity index (χ3v) is 4.08. The van der Waals surface area contributed by atoms with E-state index in [1.54, 1.807) is 0 Å². The van der Waals surface area contributed by atoms with Crippen LogP contribution in [-0.2, 0) is 6.61 Å². The van der Waals surface area contributed by atoms with Crippen molar-refractivity contribution in [1.29, 1.82) is 0 Å². The van der Waals surface area contributed by atoms with Gasteiger partial charge in [0.05, 0.1) is 11.7 Å².